The molecule has 4 aliphatic carbocycles. The van der Waals surface area contributed by atoms with Crippen molar-refractivity contribution in [3.63, 3.8) is 0 Å². The first-order valence-corrected chi connectivity index (χ1v) is 17.5. The summed E-state index contributed by atoms with van der Waals surface area (Å²) in [5.41, 5.74) is -0.334. The highest BCUT2D eigenvalue weighted by Gasteiger charge is 2.67. The smallest absolute Gasteiger partial charge is 0.217 e. The van der Waals surface area contributed by atoms with E-state index >= 15 is 0 Å². The molecule has 0 aromatic carbocycles. The van der Waals surface area contributed by atoms with Crippen molar-refractivity contribution >= 4 is 10.4 Å². The summed E-state index contributed by atoms with van der Waals surface area (Å²) in [6, 6.07) is 0. The molecular formula is C31H59NO7S. The van der Waals surface area contributed by atoms with Crippen molar-refractivity contribution in [1.29, 1.82) is 0 Å². The molecule has 4 aliphatic rings. The minimum absolute atomic E-state index is 0.0200. The van der Waals surface area contributed by atoms with Gasteiger partial charge < -0.3 is 24.8 Å². The molecule has 0 saturated heterocycles. The second kappa shape index (κ2) is 13.6. The van der Waals surface area contributed by atoms with Gasteiger partial charge in [0.1, 0.15) is 0 Å². The molecule has 0 aliphatic heterocycles. The van der Waals surface area contributed by atoms with E-state index in [1.165, 1.54) is 19.6 Å². The monoisotopic (exact) mass is 589 g/mol. The zero-order valence-corrected chi connectivity index (χ0v) is 27.0. The summed E-state index contributed by atoms with van der Waals surface area (Å²) in [4.78, 5) is 1.68. The van der Waals surface area contributed by atoms with Crippen molar-refractivity contribution in [2.24, 2.45) is 52.3 Å². The van der Waals surface area contributed by atoms with Crippen LogP contribution in [-0.4, -0.2) is 72.8 Å². The number of hydrogen-bond donors (Lipinski definition) is 4. The lowest BCUT2D eigenvalue weighted by molar-refractivity contribution is -0.894. The Bertz CT molecular complexity index is 908. The Morgan fingerprint density at radius 1 is 0.950 bits per heavy atom. The van der Waals surface area contributed by atoms with Crippen LogP contribution in [0.4, 0.5) is 0 Å². The van der Waals surface area contributed by atoms with E-state index in [4.69, 9.17) is 0 Å². The lowest BCUT2D eigenvalue weighted by Gasteiger charge is -2.65. The molecule has 0 bridgehead atoms. The average molecular weight is 590 g/mol. The summed E-state index contributed by atoms with van der Waals surface area (Å²) in [6.07, 6.45) is 5.16. The molecule has 8 nitrogen and oxygen atoms in total. The van der Waals surface area contributed by atoms with Gasteiger partial charge in [0.2, 0.25) is 10.4 Å². The SMILES string of the molecule is CC[C@H]1[C@H](O)C2C3CCC([C@H](C)CCOS(=O)(=O)[O-])[C@@]3(C)[C@@H](O)CC2[C@@]2(C)CC[C@@H](O)C[C@@H]12.CC[NH+](CC)CC. The summed E-state index contributed by atoms with van der Waals surface area (Å²) < 4.78 is 37.0. The third-order valence-corrected chi connectivity index (χ3v) is 13.0. The van der Waals surface area contributed by atoms with Crippen molar-refractivity contribution in [3.05, 3.63) is 0 Å². The van der Waals surface area contributed by atoms with Crippen LogP contribution in [0.3, 0.4) is 0 Å². The number of rotatable bonds is 9. The van der Waals surface area contributed by atoms with E-state index in [-0.39, 0.29) is 65.0 Å². The second-order valence-electron chi connectivity index (χ2n) is 14.0. The van der Waals surface area contributed by atoms with E-state index in [0.29, 0.717) is 12.8 Å². The number of aliphatic hydroxyl groups is 3. The van der Waals surface area contributed by atoms with Crippen LogP contribution in [-0.2, 0) is 14.6 Å². The molecule has 4 rings (SSSR count). The first-order chi connectivity index (χ1) is 18.7. The molecule has 12 atom stereocenters. The average Bonchev–Trinajstić information content (AvgIpc) is 3.25. The molecule has 0 amide bonds. The predicted octanol–water partition coefficient (Wildman–Crippen LogP) is 3.02. The van der Waals surface area contributed by atoms with Crippen molar-refractivity contribution in [2.75, 3.05) is 26.2 Å². The predicted molar refractivity (Wildman–Crippen MR) is 155 cm³/mol. The van der Waals surface area contributed by atoms with E-state index in [1.54, 1.807) is 4.90 Å². The number of hydrogen-bond acceptors (Lipinski definition) is 7. The first-order valence-electron chi connectivity index (χ1n) is 16.2. The van der Waals surface area contributed by atoms with Crippen molar-refractivity contribution in [1.82, 2.24) is 0 Å². The summed E-state index contributed by atoms with van der Waals surface area (Å²) in [6.45, 7) is 19.1. The van der Waals surface area contributed by atoms with Gasteiger partial charge in [-0.05, 0) is 118 Å². The lowest BCUT2D eigenvalue weighted by atomic mass is 9.41. The molecular weight excluding hydrogens is 530 g/mol. The Morgan fingerprint density at radius 3 is 2.10 bits per heavy atom. The Morgan fingerprint density at radius 2 is 1.57 bits per heavy atom. The van der Waals surface area contributed by atoms with Gasteiger partial charge in [0.25, 0.3) is 0 Å². The van der Waals surface area contributed by atoms with E-state index in [1.807, 2.05) is 0 Å². The topological polar surface area (TPSA) is 132 Å². The van der Waals surface area contributed by atoms with Gasteiger partial charge in [-0.2, -0.15) is 0 Å². The van der Waals surface area contributed by atoms with E-state index in [9.17, 15) is 28.3 Å². The van der Waals surface area contributed by atoms with Crippen LogP contribution in [0.5, 0.6) is 0 Å². The molecule has 0 aromatic heterocycles. The van der Waals surface area contributed by atoms with Crippen LogP contribution >= 0.6 is 0 Å². The Hall–Kier alpha value is -0.290. The summed E-state index contributed by atoms with van der Waals surface area (Å²) in [5, 5.41) is 33.8. The number of nitrogens with one attached hydrogen (secondary N) is 1. The molecule has 0 spiro atoms. The van der Waals surface area contributed by atoms with Crippen LogP contribution in [0, 0.1) is 52.3 Å². The van der Waals surface area contributed by atoms with Gasteiger partial charge >= 0.3 is 0 Å². The van der Waals surface area contributed by atoms with E-state index in [0.717, 1.165) is 38.5 Å². The first kappa shape index (κ1) is 34.2. The number of fused-ring (bicyclic) bond motifs is 5. The second-order valence-corrected chi connectivity index (χ2v) is 15.1. The third-order valence-electron chi connectivity index (χ3n) is 12.6. The van der Waals surface area contributed by atoms with Crippen LogP contribution in [0.25, 0.3) is 0 Å². The molecule has 0 heterocycles. The molecule has 0 radical (unpaired) electrons. The summed E-state index contributed by atoms with van der Waals surface area (Å²) in [7, 11) is -4.70. The van der Waals surface area contributed by atoms with Crippen LogP contribution < -0.4 is 4.90 Å². The zero-order chi connectivity index (χ0) is 30.0. The molecule has 236 valence electrons. The fourth-order valence-electron chi connectivity index (χ4n) is 10.2. The largest absolute Gasteiger partial charge is 0.726 e. The molecule has 40 heavy (non-hydrogen) atoms. The Labute approximate surface area is 244 Å². The van der Waals surface area contributed by atoms with Crippen molar-refractivity contribution in [2.45, 2.75) is 118 Å². The van der Waals surface area contributed by atoms with Gasteiger partial charge in [-0.25, -0.2) is 8.42 Å². The zero-order valence-electron chi connectivity index (χ0n) is 26.1. The quantitative estimate of drug-likeness (QED) is 0.240. The third kappa shape index (κ3) is 6.61. The van der Waals surface area contributed by atoms with Crippen LogP contribution in [0.1, 0.15) is 99.8 Å². The summed E-state index contributed by atoms with van der Waals surface area (Å²) >= 11 is 0. The van der Waals surface area contributed by atoms with Gasteiger partial charge in [0, 0.05) is 0 Å². The Kier molecular flexibility index (Phi) is 11.6. The van der Waals surface area contributed by atoms with Gasteiger partial charge in [0.15, 0.2) is 0 Å². The molecule has 4 fully saturated rings. The molecule has 4 N–H and O–H groups in total. The highest BCUT2D eigenvalue weighted by Crippen LogP contribution is 2.69. The van der Waals surface area contributed by atoms with Gasteiger partial charge in [-0.1, -0.05) is 34.1 Å². The van der Waals surface area contributed by atoms with Crippen molar-refractivity contribution < 1.29 is 37.4 Å². The molecule has 9 heteroatoms. The standard InChI is InChI=1S/C25H44O7S.C6H15N/c1-5-16-19-12-15(26)8-10-24(19,3)20-13-21(27)25(4)17(6-7-18(25)22(20)23(16)28)14(2)9-11-32-33(29,30)31;1-4-7(5-2)6-3/h14-23,26-28H,5-13H2,1-4H3,(H,29,30,31);4-6H2,1-3H3/t14-,15-,16-,17?,18?,19+,20?,21+,22?,23+,24+,25-;/m1./s1. The highest BCUT2D eigenvalue weighted by atomic mass is 32.3. The lowest BCUT2D eigenvalue weighted by Crippen LogP contribution is -3.11. The minimum atomic E-state index is -4.70. The van der Waals surface area contributed by atoms with Gasteiger partial charge in [0.05, 0.1) is 44.6 Å². The van der Waals surface area contributed by atoms with E-state index < -0.39 is 22.6 Å². The maximum atomic E-state index is 11.7. The fourth-order valence-corrected chi connectivity index (χ4v) is 10.5. The molecule has 0 aromatic rings. The summed E-state index contributed by atoms with van der Waals surface area (Å²) in [5.74, 6) is 1.31. The van der Waals surface area contributed by atoms with Gasteiger partial charge in [-0.3, -0.25) is 4.18 Å². The van der Waals surface area contributed by atoms with Crippen molar-refractivity contribution in [3.8, 4) is 0 Å². The molecule has 4 unspecified atom stereocenters. The maximum absolute atomic E-state index is 11.7. The fraction of sp³-hybridized carbons (Fsp3) is 1.00. The maximum Gasteiger partial charge on any atom is 0.217 e. The van der Waals surface area contributed by atoms with Crippen LogP contribution in [0.15, 0.2) is 0 Å². The minimum Gasteiger partial charge on any atom is -0.726 e. The van der Waals surface area contributed by atoms with E-state index in [2.05, 4.69) is 52.6 Å². The normalized spacial score (nSPS) is 43.8. The van der Waals surface area contributed by atoms with Gasteiger partial charge in [-0.15, -0.1) is 0 Å². The number of aliphatic hydroxyl groups excluding tert-OH is 3. The van der Waals surface area contributed by atoms with Crippen LogP contribution in [0.2, 0.25) is 0 Å². The Balaban J connectivity index is 0.000000559. The molecule has 4 saturated carbocycles. The number of quaternary nitrogens is 1. The highest BCUT2D eigenvalue weighted by molar-refractivity contribution is 7.80.